The summed E-state index contributed by atoms with van der Waals surface area (Å²) in [7, 11) is -0.855. The van der Waals surface area contributed by atoms with Crippen molar-refractivity contribution in [2.24, 2.45) is 0 Å². The first-order chi connectivity index (χ1) is 10.1. The molecule has 5 nitrogen and oxygen atoms in total. The minimum Gasteiger partial charge on any atom is -0.486 e. The summed E-state index contributed by atoms with van der Waals surface area (Å²) in [6.07, 6.45) is 3.47. The van der Waals surface area contributed by atoms with Gasteiger partial charge in [0, 0.05) is 40.4 Å². The number of hydrogen-bond donors (Lipinski definition) is 1. The van der Waals surface area contributed by atoms with E-state index in [0.29, 0.717) is 19.8 Å². The third kappa shape index (κ3) is 2.95. The van der Waals surface area contributed by atoms with Crippen molar-refractivity contribution in [1.29, 1.82) is 0 Å². The molecule has 0 saturated heterocycles. The van der Waals surface area contributed by atoms with Crippen LogP contribution in [0.1, 0.15) is 6.92 Å². The molecular formula is C15H18N2O3S. The topological polar surface area (TPSA) is 60.5 Å². The molecule has 1 aromatic carbocycles. The molecule has 0 saturated carbocycles. The molecule has 0 amide bonds. The van der Waals surface area contributed by atoms with Crippen molar-refractivity contribution in [2.45, 2.75) is 12.2 Å². The standard InChI is InChI=1S/C15H18N2O3S/c1-10(21(2)18)9-17-15-12-8-14-13(19-5-6-20-14)7-11(12)3-4-16-15/h3-4,7-8,10H,5-6,9H2,1-2H3,(H,16,17). The predicted octanol–water partition coefficient (Wildman–Crippen LogP) is 2.18. The van der Waals surface area contributed by atoms with Gasteiger partial charge in [0.25, 0.3) is 0 Å². The minimum atomic E-state index is -0.855. The second kappa shape index (κ2) is 5.89. The van der Waals surface area contributed by atoms with E-state index in [1.165, 1.54) is 0 Å². The largest absolute Gasteiger partial charge is 0.486 e. The van der Waals surface area contributed by atoms with E-state index in [1.807, 2.05) is 25.1 Å². The van der Waals surface area contributed by atoms with Crippen LogP contribution in [0.3, 0.4) is 0 Å². The van der Waals surface area contributed by atoms with Crippen molar-refractivity contribution in [3.8, 4) is 11.5 Å². The zero-order valence-corrected chi connectivity index (χ0v) is 12.9. The molecule has 2 heterocycles. The molecule has 2 aromatic rings. The fourth-order valence-corrected chi connectivity index (χ4v) is 2.53. The molecular weight excluding hydrogens is 288 g/mol. The lowest BCUT2D eigenvalue weighted by Crippen LogP contribution is -2.21. The monoisotopic (exact) mass is 306 g/mol. The maximum atomic E-state index is 11.4. The van der Waals surface area contributed by atoms with Crippen LogP contribution in [0.4, 0.5) is 5.82 Å². The van der Waals surface area contributed by atoms with Crippen LogP contribution in [0, 0.1) is 0 Å². The molecule has 112 valence electrons. The average Bonchev–Trinajstić information content (AvgIpc) is 2.50. The Labute approximate surface area is 126 Å². The fraction of sp³-hybridized carbons (Fsp3) is 0.400. The van der Waals surface area contributed by atoms with Crippen LogP contribution in [-0.4, -0.2) is 40.5 Å². The Morgan fingerprint density at radius 3 is 2.76 bits per heavy atom. The number of ether oxygens (including phenoxy) is 2. The number of anilines is 1. The van der Waals surface area contributed by atoms with Crippen LogP contribution in [0.15, 0.2) is 24.4 Å². The van der Waals surface area contributed by atoms with Crippen molar-refractivity contribution < 1.29 is 13.7 Å². The Kier molecular flexibility index (Phi) is 3.96. The molecule has 1 aliphatic rings. The molecule has 21 heavy (non-hydrogen) atoms. The van der Waals surface area contributed by atoms with Crippen molar-refractivity contribution in [3.05, 3.63) is 24.4 Å². The zero-order chi connectivity index (χ0) is 14.8. The highest BCUT2D eigenvalue weighted by molar-refractivity contribution is 7.84. The number of nitrogens with one attached hydrogen (secondary N) is 1. The molecule has 3 rings (SSSR count). The number of benzene rings is 1. The Balaban J connectivity index is 1.93. The normalized spacial score (nSPS) is 16.5. The number of rotatable bonds is 4. The van der Waals surface area contributed by atoms with Gasteiger partial charge in [-0.05, 0) is 30.5 Å². The van der Waals surface area contributed by atoms with Gasteiger partial charge in [-0.2, -0.15) is 0 Å². The summed E-state index contributed by atoms with van der Waals surface area (Å²) in [5.41, 5.74) is 0. The molecule has 0 bridgehead atoms. The van der Waals surface area contributed by atoms with Gasteiger partial charge in [0.05, 0.1) is 0 Å². The van der Waals surface area contributed by atoms with Gasteiger partial charge in [0.1, 0.15) is 19.0 Å². The van der Waals surface area contributed by atoms with Crippen LogP contribution >= 0.6 is 0 Å². The highest BCUT2D eigenvalue weighted by Crippen LogP contribution is 2.36. The quantitative estimate of drug-likeness (QED) is 0.938. The zero-order valence-electron chi connectivity index (χ0n) is 12.1. The second-order valence-corrected chi connectivity index (χ2v) is 6.87. The molecule has 1 N–H and O–H groups in total. The number of hydrogen-bond acceptors (Lipinski definition) is 5. The molecule has 0 radical (unpaired) electrons. The Hall–Kier alpha value is -1.82. The number of fused-ring (bicyclic) bond motifs is 2. The second-order valence-electron chi connectivity index (χ2n) is 5.07. The van der Waals surface area contributed by atoms with E-state index in [-0.39, 0.29) is 5.25 Å². The summed E-state index contributed by atoms with van der Waals surface area (Å²) in [4.78, 5) is 4.38. The van der Waals surface area contributed by atoms with E-state index in [0.717, 1.165) is 28.1 Å². The predicted molar refractivity (Wildman–Crippen MR) is 84.8 cm³/mol. The SMILES string of the molecule is CC(CNc1nccc2cc3c(cc12)OCCO3)S(C)=O. The first-order valence-electron chi connectivity index (χ1n) is 6.89. The Morgan fingerprint density at radius 1 is 1.33 bits per heavy atom. The van der Waals surface area contributed by atoms with Gasteiger partial charge in [-0.3, -0.25) is 4.21 Å². The average molecular weight is 306 g/mol. The lowest BCUT2D eigenvalue weighted by molar-refractivity contribution is 0.172. The van der Waals surface area contributed by atoms with Gasteiger partial charge in [0.2, 0.25) is 0 Å². The molecule has 2 atom stereocenters. The van der Waals surface area contributed by atoms with Gasteiger partial charge in [-0.1, -0.05) is 0 Å². The van der Waals surface area contributed by atoms with Crippen molar-refractivity contribution in [2.75, 3.05) is 31.3 Å². The summed E-state index contributed by atoms with van der Waals surface area (Å²) in [5.74, 6) is 2.30. The van der Waals surface area contributed by atoms with Gasteiger partial charge >= 0.3 is 0 Å². The number of aromatic nitrogens is 1. The molecule has 0 fully saturated rings. The summed E-state index contributed by atoms with van der Waals surface area (Å²) < 4.78 is 22.7. The Bertz CT molecular complexity index is 690. The van der Waals surface area contributed by atoms with Crippen LogP contribution in [0.25, 0.3) is 10.8 Å². The first kappa shape index (κ1) is 14.1. The maximum absolute atomic E-state index is 11.4. The van der Waals surface area contributed by atoms with Gasteiger partial charge in [-0.15, -0.1) is 0 Å². The summed E-state index contributed by atoms with van der Waals surface area (Å²) in [6.45, 7) is 3.71. The minimum absolute atomic E-state index is 0.0688. The summed E-state index contributed by atoms with van der Waals surface area (Å²) in [5, 5.41) is 5.37. The van der Waals surface area contributed by atoms with E-state index in [1.54, 1.807) is 12.5 Å². The fourth-order valence-electron chi connectivity index (χ4n) is 2.21. The van der Waals surface area contributed by atoms with Crippen molar-refractivity contribution >= 4 is 27.4 Å². The van der Waals surface area contributed by atoms with Crippen LogP contribution in [-0.2, 0) is 10.8 Å². The van der Waals surface area contributed by atoms with Crippen molar-refractivity contribution in [3.63, 3.8) is 0 Å². The van der Waals surface area contributed by atoms with Gasteiger partial charge < -0.3 is 14.8 Å². The molecule has 0 aliphatic carbocycles. The van der Waals surface area contributed by atoms with Gasteiger partial charge in [0.15, 0.2) is 11.5 Å². The van der Waals surface area contributed by atoms with E-state index in [9.17, 15) is 4.21 Å². The van der Waals surface area contributed by atoms with E-state index in [2.05, 4.69) is 10.3 Å². The van der Waals surface area contributed by atoms with E-state index >= 15 is 0 Å². The molecule has 2 unspecified atom stereocenters. The smallest absolute Gasteiger partial charge is 0.162 e. The third-order valence-electron chi connectivity index (χ3n) is 3.55. The van der Waals surface area contributed by atoms with E-state index in [4.69, 9.17) is 9.47 Å². The van der Waals surface area contributed by atoms with E-state index < -0.39 is 10.8 Å². The third-order valence-corrected chi connectivity index (χ3v) is 4.85. The highest BCUT2D eigenvalue weighted by Gasteiger charge is 2.15. The van der Waals surface area contributed by atoms with Crippen LogP contribution < -0.4 is 14.8 Å². The number of pyridine rings is 1. The molecule has 1 aromatic heterocycles. The Morgan fingerprint density at radius 2 is 2.05 bits per heavy atom. The molecule has 0 spiro atoms. The summed E-state index contributed by atoms with van der Waals surface area (Å²) >= 11 is 0. The lowest BCUT2D eigenvalue weighted by atomic mass is 10.1. The van der Waals surface area contributed by atoms with Crippen molar-refractivity contribution in [1.82, 2.24) is 4.98 Å². The van der Waals surface area contributed by atoms with Crippen LogP contribution in [0.5, 0.6) is 11.5 Å². The first-order valence-corrected chi connectivity index (χ1v) is 8.52. The van der Waals surface area contributed by atoms with Crippen LogP contribution in [0.2, 0.25) is 0 Å². The van der Waals surface area contributed by atoms with Gasteiger partial charge in [-0.25, -0.2) is 4.98 Å². The lowest BCUT2D eigenvalue weighted by Gasteiger charge is -2.19. The maximum Gasteiger partial charge on any atom is 0.162 e. The molecule has 1 aliphatic heterocycles. The molecule has 6 heteroatoms. The number of nitrogens with zero attached hydrogens (tertiary/aromatic N) is 1. The summed E-state index contributed by atoms with van der Waals surface area (Å²) in [6, 6.07) is 5.87. The highest BCUT2D eigenvalue weighted by atomic mass is 32.2.